The number of rotatable bonds is 24. The van der Waals surface area contributed by atoms with Gasteiger partial charge in [-0.15, -0.1) is 0 Å². The van der Waals surface area contributed by atoms with Crippen molar-refractivity contribution in [2.45, 2.75) is 162 Å². The Balaban J connectivity index is 3.99. The van der Waals surface area contributed by atoms with Gasteiger partial charge < -0.3 is 4.74 Å². The quantitative estimate of drug-likeness (QED) is 0.114. The molecule has 0 bridgehead atoms. The van der Waals surface area contributed by atoms with Gasteiger partial charge in [-0.05, 0) is 25.2 Å². The molecule has 0 aromatic rings. The third kappa shape index (κ3) is 22.2. The highest BCUT2D eigenvalue weighted by atomic mass is 16.5. The summed E-state index contributed by atoms with van der Waals surface area (Å²) in [7, 11) is 0. The molecule has 0 heterocycles. The van der Waals surface area contributed by atoms with Crippen molar-refractivity contribution in [2.75, 3.05) is 6.61 Å². The highest BCUT2D eigenvalue weighted by molar-refractivity contribution is 5.69. The summed E-state index contributed by atoms with van der Waals surface area (Å²) in [6.07, 6.45) is 28.1. The van der Waals surface area contributed by atoms with E-state index in [1.54, 1.807) is 0 Å². The summed E-state index contributed by atoms with van der Waals surface area (Å²) < 4.78 is 5.69. The SMILES string of the molecule is CCCCCCCCCC(CCCCCCCCC)COC(=O)CCCCCCC. The van der Waals surface area contributed by atoms with Gasteiger partial charge >= 0.3 is 5.97 Å². The van der Waals surface area contributed by atoms with Gasteiger partial charge in [0, 0.05) is 6.42 Å². The van der Waals surface area contributed by atoms with E-state index in [-0.39, 0.29) is 5.97 Å². The molecule has 0 rings (SSSR count). The Bertz CT molecular complexity index is 322. The molecule has 0 amide bonds. The predicted octanol–water partition coefficient (Wildman–Crippen LogP) is 9.79. The summed E-state index contributed by atoms with van der Waals surface area (Å²) in [4.78, 5) is 12.1. The van der Waals surface area contributed by atoms with E-state index < -0.39 is 0 Å². The van der Waals surface area contributed by atoms with Crippen LogP contribution in [0.2, 0.25) is 0 Å². The topological polar surface area (TPSA) is 26.3 Å². The number of hydrogen-bond donors (Lipinski definition) is 0. The Morgan fingerprint density at radius 3 is 1.33 bits per heavy atom. The monoisotopic (exact) mass is 424 g/mol. The molecule has 2 nitrogen and oxygen atoms in total. The molecule has 0 aromatic carbocycles. The van der Waals surface area contributed by atoms with Gasteiger partial charge in [0.25, 0.3) is 0 Å². The van der Waals surface area contributed by atoms with Crippen molar-refractivity contribution in [2.24, 2.45) is 5.92 Å². The lowest BCUT2D eigenvalue weighted by molar-refractivity contribution is -0.145. The molecule has 0 aliphatic rings. The molecular formula is C28H56O2. The summed E-state index contributed by atoms with van der Waals surface area (Å²) in [5, 5.41) is 0. The minimum Gasteiger partial charge on any atom is -0.465 e. The van der Waals surface area contributed by atoms with Crippen molar-refractivity contribution in [3.63, 3.8) is 0 Å². The molecular weight excluding hydrogens is 368 g/mol. The fourth-order valence-corrected chi connectivity index (χ4v) is 4.25. The van der Waals surface area contributed by atoms with Crippen LogP contribution in [0.15, 0.2) is 0 Å². The van der Waals surface area contributed by atoms with Gasteiger partial charge in [-0.2, -0.15) is 0 Å². The molecule has 0 fully saturated rings. The van der Waals surface area contributed by atoms with Crippen LogP contribution in [0.25, 0.3) is 0 Å². The van der Waals surface area contributed by atoms with Crippen LogP contribution in [0.1, 0.15) is 162 Å². The van der Waals surface area contributed by atoms with Crippen LogP contribution in [0.4, 0.5) is 0 Å². The third-order valence-electron chi connectivity index (χ3n) is 6.40. The maximum atomic E-state index is 12.1. The van der Waals surface area contributed by atoms with Crippen LogP contribution in [-0.4, -0.2) is 12.6 Å². The molecule has 2 heteroatoms. The fraction of sp³-hybridized carbons (Fsp3) is 0.964. The first-order chi connectivity index (χ1) is 14.7. The van der Waals surface area contributed by atoms with Crippen LogP contribution >= 0.6 is 0 Å². The van der Waals surface area contributed by atoms with Gasteiger partial charge in [0.1, 0.15) is 0 Å². The molecule has 0 atom stereocenters. The minimum absolute atomic E-state index is 0.0376. The number of unbranched alkanes of at least 4 members (excludes halogenated alkanes) is 16. The van der Waals surface area contributed by atoms with Crippen LogP contribution in [0.3, 0.4) is 0 Å². The van der Waals surface area contributed by atoms with E-state index in [1.807, 2.05) is 0 Å². The van der Waals surface area contributed by atoms with Gasteiger partial charge in [0.2, 0.25) is 0 Å². The first-order valence-corrected chi connectivity index (χ1v) is 13.9. The predicted molar refractivity (Wildman–Crippen MR) is 133 cm³/mol. The van der Waals surface area contributed by atoms with Crippen molar-refractivity contribution in [3.05, 3.63) is 0 Å². The second-order valence-electron chi connectivity index (χ2n) is 9.53. The lowest BCUT2D eigenvalue weighted by Gasteiger charge is -2.17. The average molecular weight is 425 g/mol. The molecule has 0 saturated carbocycles. The van der Waals surface area contributed by atoms with Gasteiger partial charge in [-0.3, -0.25) is 4.79 Å². The van der Waals surface area contributed by atoms with E-state index in [1.165, 1.54) is 128 Å². The van der Waals surface area contributed by atoms with E-state index in [0.717, 1.165) is 6.42 Å². The minimum atomic E-state index is 0.0376. The van der Waals surface area contributed by atoms with E-state index >= 15 is 0 Å². The van der Waals surface area contributed by atoms with Crippen LogP contribution in [-0.2, 0) is 9.53 Å². The summed E-state index contributed by atoms with van der Waals surface area (Å²) in [5.74, 6) is 0.621. The van der Waals surface area contributed by atoms with Gasteiger partial charge in [0.05, 0.1) is 6.61 Å². The van der Waals surface area contributed by atoms with Crippen LogP contribution < -0.4 is 0 Å². The number of carbonyl (C=O) groups is 1. The summed E-state index contributed by atoms with van der Waals surface area (Å²) in [6.45, 7) is 7.45. The van der Waals surface area contributed by atoms with Crippen LogP contribution in [0, 0.1) is 5.92 Å². The Morgan fingerprint density at radius 2 is 0.900 bits per heavy atom. The van der Waals surface area contributed by atoms with Gasteiger partial charge in [-0.25, -0.2) is 0 Å². The highest BCUT2D eigenvalue weighted by Gasteiger charge is 2.12. The molecule has 30 heavy (non-hydrogen) atoms. The molecule has 180 valence electrons. The molecule has 0 spiro atoms. The average Bonchev–Trinajstić information content (AvgIpc) is 2.75. The number of esters is 1. The zero-order chi connectivity index (χ0) is 22.1. The highest BCUT2D eigenvalue weighted by Crippen LogP contribution is 2.20. The molecule has 0 N–H and O–H groups in total. The Kier molecular flexibility index (Phi) is 24.3. The molecule has 0 radical (unpaired) electrons. The van der Waals surface area contributed by atoms with Crippen LogP contribution in [0.5, 0.6) is 0 Å². The van der Waals surface area contributed by atoms with E-state index in [2.05, 4.69) is 20.8 Å². The van der Waals surface area contributed by atoms with Gasteiger partial charge in [0.15, 0.2) is 0 Å². The molecule has 0 saturated heterocycles. The third-order valence-corrected chi connectivity index (χ3v) is 6.40. The first kappa shape index (κ1) is 29.5. The number of hydrogen-bond acceptors (Lipinski definition) is 2. The molecule has 0 aromatic heterocycles. The smallest absolute Gasteiger partial charge is 0.305 e. The summed E-state index contributed by atoms with van der Waals surface area (Å²) >= 11 is 0. The number of carbonyl (C=O) groups excluding carboxylic acids is 1. The van der Waals surface area contributed by atoms with E-state index in [0.29, 0.717) is 18.9 Å². The number of ether oxygens (including phenoxy) is 1. The maximum absolute atomic E-state index is 12.1. The lowest BCUT2D eigenvalue weighted by atomic mass is 9.94. The lowest BCUT2D eigenvalue weighted by Crippen LogP contribution is -2.14. The van der Waals surface area contributed by atoms with E-state index in [4.69, 9.17) is 4.74 Å². The standard InChI is InChI=1S/C28H56O2/c1-4-7-10-13-15-18-20-23-27(24-21-19-16-14-11-8-5-2)26-30-28(29)25-22-17-12-9-6-3/h27H,4-26H2,1-3H3. The van der Waals surface area contributed by atoms with Crippen molar-refractivity contribution >= 4 is 5.97 Å². The van der Waals surface area contributed by atoms with Crippen molar-refractivity contribution in [1.82, 2.24) is 0 Å². The Hall–Kier alpha value is -0.530. The second-order valence-corrected chi connectivity index (χ2v) is 9.53. The fourth-order valence-electron chi connectivity index (χ4n) is 4.25. The summed E-state index contributed by atoms with van der Waals surface area (Å²) in [6, 6.07) is 0. The normalized spacial score (nSPS) is 11.3. The zero-order valence-electron chi connectivity index (χ0n) is 21.2. The zero-order valence-corrected chi connectivity index (χ0v) is 21.2. The maximum Gasteiger partial charge on any atom is 0.305 e. The van der Waals surface area contributed by atoms with Crippen molar-refractivity contribution in [1.29, 1.82) is 0 Å². The van der Waals surface area contributed by atoms with Gasteiger partial charge in [-0.1, -0.05) is 136 Å². The largest absolute Gasteiger partial charge is 0.465 e. The molecule has 0 aliphatic heterocycles. The molecule has 0 unspecified atom stereocenters. The van der Waals surface area contributed by atoms with Crippen molar-refractivity contribution in [3.8, 4) is 0 Å². The Morgan fingerprint density at radius 1 is 0.533 bits per heavy atom. The summed E-state index contributed by atoms with van der Waals surface area (Å²) in [5.41, 5.74) is 0. The molecule has 0 aliphatic carbocycles. The Labute approximate surface area is 190 Å². The second kappa shape index (κ2) is 24.7. The van der Waals surface area contributed by atoms with E-state index in [9.17, 15) is 4.79 Å². The van der Waals surface area contributed by atoms with Crippen molar-refractivity contribution < 1.29 is 9.53 Å². The first-order valence-electron chi connectivity index (χ1n) is 13.9.